The Labute approximate surface area is 142 Å². The van der Waals surface area contributed by atoms with E-state index in [1.54, 1.807) is 30.6 Å². The molecule has 5 nitrogen and oxygen atoms in total. The van der Waals surface area contributed by atoms with Gasteiger partial charge in [0, 0.05) is 11.8 Å². The van der Waals surface area contributed by atoms with Crippen LogP contribution >= 0.6 is 0 Å². The number of alkyl halides is 2. The third kappa shape index (κ3) is 4.93. The molecule has 1 unspecified atom stereocenters. The topological polar surface area (TPSA) is 67.2 Å². The molecule has 25 heavy (non-hydrogen) atoms. The van der Waals surface area contributed by atoms with Crippen molar-refractivity contribution in [2.75, 3.05) is 0 Å². The molecule has 2 aromatic rings. The van der Waals surface area contributed by atoms with E-state index in [0.717, 1.165) is 5.57 Å². The highest BCUT2D eigenvalue weighted by Gasteiger charge is 2.23. The molecular formula is C17H18F3N3O2. The van der Waals surface area contributed by atoms with Gasteiger partial charge >= 0.3 is 6.55 Å². The number of hydrogen-bond acceptors (Lipinski definition) is 3. The summed E-state index contributed by atoms with van der Waals surface area (Å²) in [6.07, 6.45) is 5.42. The molecule has 1 amide bonds. The molecule has 0 saturated carbocycles. The molecule has 1 aromatic carbocycles. The highest BCUT2D eigenvalue weighted by atomic mass is 19.3. The van der Waals surface area contributed by atoms with E-state index in [1.165, 1.54) is 18.5 Å². The van der Waals surface area contributed by atoms with E-state index in [9.17, 15) is 18.0 Å². The Morgan fingerprint density at radius 3 is 2.64 bits per heavy atom. The van der Waals surface area contributed by atoms with Gasteiger partial charge in [-0.2, -0.15) is 13.9 Å². The number of nitrogens with zero attached hydrogens (tertiary/aromatic N) is 2. The predicted molar refractivity (Wildman–Crippen MR) is 85.2 cm³/mol. The quantitative estimate of drug-likeness (QED) is 0.653. The molecule has 1 aliphatic carbocycles. The fourth-order valence-electron chi connectivity index (χ4n) is 2.41. The van der Waals surface area contributed by atoms with Gasteiger partial charge in [-0.1, -0.05) is 24.3 Å². The molecule has 3 rings (SSSR count). The van der Waals surface area contributed by atoms with E-state index >= 15 is 0 Å². The van der Waals surface area contributed by atoms with Crippen molar-refractivity contribution in [2.24, 2.45) is 5.92 Å². The van der Waals surface area contributed by atoms with Gasteiger partial charge in [-0.05, 0) is 37.0 Å². The van der Waals surface area contributed by atoms with Gasteiger partial charge in [-0.25, -0.2) is 14.6 Å². The summed E-state index contributed by atoms with van der Waals surface area (Å²) in [7, 11) is 0. The molecule has 0 saturated heterocycles. The second kappa shape index (κ2) is 8.48. The molecule has 0 spiro atoms. The van der Waals surface area contributed by atoms with Crippen molar-refractivity contribution < 1.29 is 23.2 Å². The van der Waals surface area contributed by atoms with Crippen molar-refractivity contribution >= 4 is 11.5 Å². The molecule has 0 aliphatic heterocycles. The number of aromatic nitrogens is 2. The SMILES string of the molecule is Cc1ccccc1F.O=C(NO)C1C=C(c2cnn(C(F)F)c2)CC1. The molecule has 1 atom stereocenters. The molecule has 1 heterocycles. The van der Waals surface area contributed by atoms with Gasteiger partial charge in [-0.15, -0.1) is 0 Å². The molecule has 0 fully saturated rings. The lowest BCUT2D eigenvalue weighted by atomic mass is 10.1. The summed E-state index contributed by atoms with van der Waals surface area (Å²) in [6, 6.07) is 6.70. The van der Waals surface area contributed by atoms with Gasteiger partial charge < -0.3 is 0 Å². The summed E-state index contributed by atoms with van der Waals surface area (Å²) in [5.41, 5.74) is 3.66. The van der Waals surface area contributed by atoms with E-state index in [4.69, 9.17) is 5.21 Å². The van der Waals surface area contributed by atoms with Crippen LogP contribution in [0.1, 0.15) is 30.5 Å². The average Bonchev–Trinajstić information content (AvgIpc) is 3.26. The first-order valence-corrected chi connectivity index (χ1v) is 7.60. The predicted octanol–water partition coefficient (Wildman–Crippen LogP) is 3.71. The van der Waals surface area contributed by atoms with Gasteiger partial charge in [-0.3, -0.25) is 10.0 Å². The zero-order valence-corrected chi connectivity index (χ0v) is 13.5. The molecule has 0 radical (unpaired) electrons. The standard InChI is InChI=1S/C10H11F2N3O2.C7H7F/c11-10(12)15-5-8(4-13-15)6-1-2-7(3-6)9(16)14-17;1-6-4-2-3-5-7(6)8/h3-5,7,10,17H,1-2H2,(H,14,16);2-5H,1H3. The largest absolute Gasteiger partial charge is 0.333 e. The third-order valence-corrected chi connectivity index (χ3v) is 3.82. The molecule has 0 bridgehead atoms. The maximum absolute atomic E-state index is 12.3. The van der Waals surface area contributed by atoms with Crippen molar-refractivity contribution in [2.45, 2.75) is 26.3 Å². The van der Waals surface area contributed by atoms with Crippen molar-refractivity contribution in [3.63, 3.8) is 0 Å². The maximum atomic E-state index is 12.3. The number of amides is 1. The Kier molecular flexibility index (Phi) is 6.35. The fraction of sp³-hybridized carbons (Fsp3) is 0.294. The second-order valence-electron chi connectivity index (χ2n) is 5.55. The van der Waals surface area contributed by atoms with Crippen LogP contribution in [0, 0.1) is 18.7 Å². The van der Waals surface area contributed by atoms with Gasteiger partial charge in [0.1, 0.15) is 5.82 Å². The van der Waals surface area contributed by atoms with Crippen LogP contribution in [0.4, 0.5) is 13.2 Å². The number of carbonyl (C=O) groups excluding carboxylic acids is 1. The molecule has 1 aromatic heterocycles. The van der Waals surface area contributed by atoms with Gasteiger partial charge in [0.05, 0.1) is 12.1 Å². The zero-order chi connectivity index (χ0) is 18.4. The molecule has 1 aliphatic rings. The number of rotatable bonds is 3. The summed E-state index contributed by atoms with van der Waals surface area (Å²) in [6.45, 7) is -0.919. The lowest BCUT2D eigenvalue weighted by molar-refractivity contribution is -0.131. The minimum Gasteiger partial charge on any atom is -0.289 e. The van der Waals surface area contributed by atoms with Crippen LogP contribution in [-0.4, -0.2) is 20.9 Å². The normalized spacial score (nSPS) is 16.2. The Morgan fingerprint density at radius 1 is 1.40 bits per heavy atom. The molecular weight excluding hydrogens is 335 g/mol. The number of halogens is 3. The van der Waals surface area contributed by atoms with Gasteiger partial charge in [0.2, 0.25) is 5.91 Å². The number of hydrogen-bond donors (Lipinski definition) is 2. The van der Waals surface area contributed by atoms with Crippen molar-refractivity contribution in [3.05, 3.63) is 59.7 Å². The number of aryl methyl sites for hydroxylation is 1. The first kappa shape index (κ1) is 18.7. The van der Waals surface area contributed by atoms with E-state index < -0.39 is 18.4 Å². The van der Waals surface area contributed by atoms with Crippen LogP contribution in [0.5, 0.6) is 0 Å². The van der Waals surface area contributed by atoms with Crippen molar-refractivity contribution in [1.82, 2.24) is 15.3 Å². The van der Waals surface area contributed by atoms with Crippen LogP contribution in [0.15, 0.2) is 42.7 Å². The minimum atomic E-state index is -2.66. The van der Waals surface area contributed by atoms with Crippen LogP contribution in [0.2, 0.25) is 0 Å². The lowest BCUT2D eigenvalue weighted by Crippen LogP contribution is -2.25. The number of hydroxylamine groups is 1. The van der Waals surface area contributed by atoms with Crippen LogP contribution < -0.4 is 5.48 Å². The van der Waals surface area contributed by atoms with Crippen LogP contribution in [0.25, 0.3) is 5.57 Å². The van der Waals surface area contributed by atoms with Crippen LogP contribution in [0.3, 0.4) is 0 Å². The summed E-state index contributed by atoms with van der Waals surface area (Å²) in [4.78, 5) is 11.2. The van der Waals surface area contributed by atoms with E-state index in [1.807, 2.05) is 6.07 Å². The zero-order valence-electron chi connectivity index (χ0n) is 13.5. The van der Waals surface area contributed by atoms with Gasteiger partial charge in [0.25, 0.3) is 0 Å². The smallest absolute Gasteiger partial charge is 0.289 e. The number of benzene rings is 1. The lowest BCUT2D eigenvalue weighted by Gasteiger charge is -2.01. The average molecular weight is 353 g/mol. The summed E-state index contributed by atoms with van der Waals surface area (Å²) < 4.78 is 37.5. The van der Waals surface area contributed by atoms with Crippen LogP contribution in [-0.2, 0) is 4.79 Å². The number of nitrogens with one attached hydrogen (secondary N) is 1. The highest BCUT2D eigenvalue weighted by Crippen LogP contribution is 2.31. The highest BCUT2D eigenvalue weighted by molar-refractivity contribution is 5.84. The monoisotopic (exact) mass is 353 g/mol. The Bertz CT molecular complexity index is 738. The summed E-state index contributed by atoms with van der Waals surface area (Å²) in [5.74, 6) is -1.03. The number of allylic oxidation sites excluding steroid dienone is 1. The van der Waals surface area contributed by atoms with E-state index in [0.29, 0.717) is 28.7 Å². The van der Waals surface area contributed by atoms with Crippen molar-refractivity contribution in [3.8, 4) is 0 Å². The van der Waals surface area contributed by atoms with Crippen molar-refractivity contribution in [1.29, 1.82) is 0 Å². The molecule has 2 N–H and O–H groups in total. The number of carbonyl (C=O) groups is 1. The Morgan fingerprint density at radius 2 is 2.12 bits per heavy atom. The summed E-state index contributed by atoms with van der Waals surface area (Å²) >= 11 is 0. The Hall–Kier alpha value is -2.61. The van der Waals surface area contributed by atoms with E-state index in [2.05, 4.69) is 5.10 Å². The third-order valence-electron chi connectivity index (χ3n) is 3.82. The first-order chi connectivity index (χ1) is 11.9. The van der Waals surface area contributed by atoms with E-state index in [-0.39, 0.29) is 5.82 Å². The second-order valence-corrected chi connectivity index (χ2v) is 5.55. The molecule has 134 valence electrons. The molecule has 8 heteroatoms. The Balaban J connectivity index is 0.000000236. The minimum absolute atomic E-state index is 0.132. The van der Waals surface area contributed by atoms with Gasteiger partial charge in [0.15, 0.2) is 0 Å². The first-order valence-electron chi connectivity index (χ1n) is 7.60. The maximum Gasteiger partial charge on any atom is 0.333 e. The fourth-order valence-corrected chi connectivity index (χ4v) is 2.41. The summed E-state index contributed by atoms with van der Waals surface area (Å²) in [5, 5.41) is 12.0.